The van der Waals surface area contributed by atoms with Gasteiger partial charge < -0.3 is 0 Å². The first kappa shape index (κ1) is 13.0. The Labute approximate surface area is 121 Å². The van der Waals surface area contributed by atoms with Gasteiger partial charge in [0.2, 0.25) is 0 Å². The normalized spacial score (nSPS) is 23.4. The van der Waals surface area contributed by atoms with E-state index >= 15 is 0 Å². The van der Waals surface area contributed by atoms with Crippen molar-refractivity contribution in [1.82, 2.24) is 4.98 Å². The van der Waals surface area contributed by atoms with E-state index in [4.69, 9.17) is 0 Å². The average Bonchev–Trinajstić information content (AvgIpc) is 2.46. The van der Waals surface area contributed by atoms with Crippen LogP contribution in [0.5, 0.6) is 0 Å². The number of ketones is 1. The van der Waals surface area contributed by atoms with Gasteiger partial charge in [0.05, 0.1) is 10.8 Å². The van der Waals surface area contributed by atoms with Gasteiger partial charge in [-0.05, 0) is 12.1 Å². The Balaban J connectivity index is 2.01. The average molecular weight is 289 g/mol. The molecule has 98 valence electrons. The summed E-state index contributed by atoms with van der Waals surface area (Å²) in [7, 11) is 0. The van der Waals surface area contributed by atoms with Crippen LogP contribution in [0, 0.1) is 0 Å². The number of hydrogen-bond acceptors (Lipinski definition) is 4. The molecule has 0 N–H and O–H groups in total. The molecule has 1 saturated heterocycles. The molecule has 1 aliphatic rings. The summed E-state index contributed by atoms with van der Waals surface area (Å²) in [5.74, 6) is 2.46. The summed E-state index contributed by atoms with van der Waals surface area (Å²) in [6.07, 6.45) is 1.77. The maximum absolute atomic E-state index is 12.8. The zero-order valence-electron chi connectivity index (χ0n) is 10.7. The summed E-state index contributed by atoms with van der Waals surface area (Å²) in [4.78, 5) is 17.1. The van der Waals surface area contributed by atoms with Crippen molar-refractivity contribution in [2.24, 2.45) is 0 Å². The number of carbonyl (C=O) groups excluding carboxylic acids is 1. The van der Waals surface area contributed by atoms with Crippen LogP contribution in [0.2, 0.25) is 0 Å². The maximum atomic E-state index is 12.8. The third-order valence-corrected chi connectivity index (χ3v) is 6.45. The molecule has 0 bridgehead atoms. The van der Waals surface area contributed by atoms with Gasteiger partial charge in [-0.1, -0.05) is 25.1 Å². The van der Waals surface area contributed by atoms with Crippen molar-refractivity contribution in [1.29, 1.82) is 0 Å². The Morgan fingerprint density at radius 1 is 1.21 bits per heavy atom. The van der Waals surface area contributed by atoms with E-state index < -0.39 is 0 Å². The van der Waals surface area contributed by atoms with Crippen LogP contribution >= 0.6 is 23.5 Å². The summed E-state index contributed by atoms with van der Waals surface area (Å²) < 4.78 is 0. The first-order valence-corrected chi connectivity index (χ1v) is 8.48. The second kappa shape index (κ2) is 5.55. The molecule has 19 heavy (non-hydrogen) atoms. The number of pyridine rings is 1. The number of benzene rings is 1. The van der Waals surface area contributed by atoms with Crippen LogP contribution in [0.3, 0.4) is 0 Å². The monoisotopic (exact) mass is 289 g/mol. The Kier molecular flexibility index (Phi) is 3.80. The third kappa shape index (κ3) is 2.51. The van der Waals surface area contributed by atoms with Crippen molar-refractivity contribution < 1.29 is 4.79 Å². The minimum absolute atomic E-state index is 0.0737. The molecule has 0 aliphatic carbocycles. The van der Waals surface area contributed by atoms with E-state index in [0.29, 0.717) is 5.25 Å². The van der Waals surface area contributed by atoms with Crippen molar-refractivity contribution in [3.63, 3.8) is 0 Å². The number of hydrogen-bond donors (Lipinski definition) is 0. The predicted octanol–water partition coefficient (Wildman–Crippen LogP) is 3.65. The summed E-state index contributed by atoms with van der Waals surface area (Å²) in [6.45, 7) is 2.16. The summed E-state index contributed by atoms with van der Waals surface area (Å²) in [5.41, 5.74) is 1.71. The van der Waals surface area contributed by atoms with Gasteiger partial charge in [0.25, 0.3) is 0 Å². The second-order valence-corrected chi connectivity index (χ2v) is 7.34. The topological polar surface area (TPSA) is 30.0 Å². The van der Waals surface area contributed by atoms with Gasteiger partial charge in [-0.2, -0.15) is 11.8 Å². The van der Waals surface area contributed by atoms with E-state index in [2.05, 4.69) is 11.9 Å². The molecule has 1 aromatic carbocycles. The number of Topliss-reactive ketones (excluding diaryl/α,β-unsaturated/α-hetero) is 1. The zero-order chi connectivity index (χ0) is 13.2. The number of nitrogens with zero attached hydrogens (tertiary/aromatic N) is 1. The van der Waals surface area contributed by atoms with E-state index in [1.54, 1.807) is 18.0 Å². The van der Waals surface area contributed by atoms with Gasteiger partial charge in [0.1, 0.15) is 0 Å². The van der Waals surface area contributed by atoms with Crippen LogP contribution in [0.4, 0.5) is 0 Å². The summed E-state index contributed by atoms with van der Waals surface area (Å²) >= 11 is 3.69. The standard InChI is InChI=1S/C15H15NOS2/c1-10-15(19-9-8-18-10)14(17)12-4-2-6-13-11(12)5-3-7-16-13/h2-7,10,15H,8-9H2,1H3. The van der Waals surface area contributed by atoms with Gasteiger partial charge in [0, 0.05) is 33.9 Å². The number of thioether (sulfide) groups is 2. The van der Waals surface area contributed by atoms with Gasteiger partial charge >= 0.3 is 0 Å². The quantitative estimate of drug-likeness (QED) is 0.789. The Bertz CT molecular complexity index is 609. The van der Waals surface area contributed by atoms with Gasteiger partial charge in [-0.25, -0.2) is 0 Å². The summed E-state index contributed by atoms with van der Waals surface area (Å²) in [6, 6.07) is 9.69. The minimum Gasteiger partial charge on any atom is -0.293 e. The lowest BCUT2D eigenvalue weighted by atomic mass is 10.0. The lowest BCUT2D eigenvalue weighted by Crippen LogP contribution is -2.31. The maximum Gasteiger partial charge on any atom is 0.177 e. The molecule has 4 heteroatoms. The van der Waals surface area contributed by atoms with Gasteiger partial charge in [-0.15, -0.1) is 11.8 Å². The molecule has 3 rings (SSSR count). The molecular formula is C15H15NOS2. The molecule has 1 aromatic heterocycles. The molecule has 2 atom stereocenters. The van der Waals surface area contributed by atoms with Gasteiger partial charge in [-0.3, -0.25) is 9.78 Å². The fraction of sp³-hybridized carbons (Fsp3) is 0.333. The molecule has 0 spiro atoms. The van der Waals surface area contributed by atoms with Crippen molar-refractivity contribution in [2.45, 2.75) is 17.4 Å². The van der Waals surface area contributed by atoms with Crippen molar-refractivity contribution in [3.8, 4) is 0 Å². The number of aromatic nitrogens is 1. The van der Waals surface area contributed by atoms with Crippen molar-refractivity contribution in [2.75, 3.05) is 11.5 Å². The molecule has 2 nitrogen and oxygen atoms in total. The Hall–Kier alpha value is -1.00. The van der Waals surface area contributed by atoms with Crippen molar-refractivity contribution in [3.05, 3.63) is 42.1 Å². The highest BCUT2D eigenvalue weighted by molar-refractivity contribution is 8.07. The predicted molar refractivity (Wildman–Crippen MR) is 84.2 cm³/mol. The number of carbonyl (C=O) groups is 1. The van der Waals surface area contributed by atoms with Gasteiger partial charge in [0.15, 0.2) is 5.78 Å². The summed E-state index contributed by atoms with van der Waals surface area (Å²) in [5, 5.41) is 1.43. The van der Waals surface area contributed by atoms with E-state index in [9.17, 15) is 4.79 Å². The highest BCUT2D eigenvalue weighted by Crippen LogP contribution is 2.34. The highest BCUT2D eigenvalue weighted by Gasteiger charge is 2.30. The first-order chi connectivity index (χ1) is 9.27. The highest BCUT2D eigenvalue weighted by atomic mass is 32.2. The molecule has 0 amide bonds. The molecule has 0 radical (unpaired) electrons. The van der Waals surface area contributed by atoms with E-state index in [0.717, 1.165) is 28.0 Å². The fourth-order valence-electron chi connectivity index (χ4n) is 2.39. The lowest BCUT2D eigenvalue weighted by molar-refractivity contribution is 0.0991. The number of rotatable bonds is 2. The smallest absolute Gasteiger partial charge is 0.177 e. The minimum atomic E-state index is 0.0737. The molecule has 1 fully saturated rings. The van der Waals surface area contributed by atoms with E-state index in [-0.39, 0.29) is 11.0 Å². The van der Waals surface area contributed by atoms with E-state index in [1.807, 2.05) is 42.1 Å². The second-order valence-electron chi connectivity index (χ2n) is 4.61. The van der Waals surface area contributed by atoms with Crippen molar-refractivity contribution >= 4 is 40.2 Å². The van der Waals surface area contributed by atoms with Crippen LogP contribution in [0.25, 0.3) is 10.9 Å². The SMILES string of the molecule is CC1SCCSC1C(=O)c1cccc2ncccc12. The molecule has 1 aliphatic heterocycles. The first-order valence-electron chi connectivity index (χ1n) is 6.38. The molecular weight excluding hydrogens is 274 g/mol. The van der Waals surface area contributed by atoms with Crippen LogP contribution in [-0.4, -0.2) is 32.8 Å². The Morgan fingerprint density at radius 2 is 2.05 bits per heavy atom. The van der Waals surface area contributed by atoms with Crippen LogP contribution in [-0.2, 0) is 0 Å². The third-order valence-electron chi connectivity index (χ3n) is 3.36. The molecule has 0 saturated carbocycles. The Morgan fingerprint density at radius 3 is 2.89 bits per heavy atom. The molecule has 2 heterocycles. The molecule has 2 unspecified atom stereocenters. The largest absolute Gasteiger partial charge is 0.293 e. The fourth-order valence-corrected chi connectivity index (χ4v) is 5.11. The zero-order valence-corrected chi connectivity index (χ0v) is 12.3. The number of fused-ring (bicyclic) bond motifs is 1. The van der Waals surface area contributed by atoms with E-state index in [1.165, 1.54) is 0 Å². The van der Waals surface area contributed by atoms with Crippen LogP contribution in [0.1, 0.15) is 17.3 Å². The lowest BCUT2D eigenvalue weighted by Gasteiger charge is -2.26. The molecule has 2 aromatic rings. The van der Waals surface area contributed by atoms with Crippen LogP contribution < -0.4 is 0 Å². The van der Waals surface area contributed by atoms with Crippen LogP contribution in [0.15, 0.2) is 36.5 Å².